The molecule has 82 valence electrons. The van der Waals surface area contributed by atoms with Crippen molar-refractivity contribution in [2.24, 2.45) is 12.8 Å². The van der Waals surface area contributed by atoms with Crippen LogP contribution < -0.4 is 5.73 Å². The quantitative estimate of drug-likeness (QED) is 0.743. The highest BCUT2D eigenvalue weighted by molar-refractivity contribution is 7.80. The number of nitrogens with zero attached hydrogens (tertiary/aromatic N) is 3. The van der Waals surface area contributed by atoms with Crippen LogP contribution >= 0.6 is 12.2 Å². The Labute approximate surface area is 93.9 Å². The third-order valence-electron chi connectivity index (χ3n) is 2.05. The van der Waals surface area contributed by atoms with Gasteiger partial charge in [0, 0.05) is 13.6 Å². The lowest BCUT2D eigenvalue weighted by atomic mass is 10.3. The number of hydrogen-bond donors (Lipinski definition) is 1. The molecule has 1 aromatic rings. The van der Waals surface area contributed by atoms with Crippen molar-refractivity contribution in [1.29, 1.82) is 0 Å². The fourth-order valence-electron chi connectivity index (χ4n) is 1.24. The van der Waals surface area contributed by atoms with Crippen molar-refractivity contribution in [3.05, 3.63) is 18.2 Å². The number of aryl methyl sites for hydroxylation is 1. The second-order valence-electron chi connectivity index (χ2n) is 3.18. The zero-order valence-corrected chi connectivity index (χ0v) is 9.62. The number of nitrogens with two attached hydrogens (primary N) is 1. The Morgan fingerprint density at radius 3 is 2.80 bits per heavy atom. The fourth-order valence-corrected chi connectivity index (χ4v) is 1.40. The maximum Gasteiger partial charge on any atom is 0.272 e. The van der Waals surface area contributed by atoms with Gasteiger partial charge in [-0.1, -0.05) is 12.2 Å². The molecular weight excluding hydrogens is 212 g/mol. The maximum absolute atomic E-state index is 11.9. The number of thiocarbonyl (C=S) groups is 1. The van der Waals surface area contributed by atoms with Crippen LogP contribution in [-0.4, -0.2) is 38.4 Å². The van der Waals surface area contributed by atoms with Crippen LogP contribution in [0.4, 0.5) is 0 Å². The third kappa shape index (κ3) is 2.76. The summed E-state index contributed by atoms with van der Waals surface area (Å²) < 4.78 is 1.67. The third-order valence-corrected chi connectivity index (χ3v) is 2.18. The summed E-state index contributed by atoms with van der Waals surface area (Å²) in [4.78, 5) is 17.7. The molecule has 1 heterocycles. The Morgan fingerprint density at radius 1 is 1.73 bits per heavy atom. The average molecular weight is 226 g/mol. The van der Waals surface area contributed by atoms with E-state index in [2.05, 4.69) is 4.98 Å². The first-order valence-corrected chi connectivity index (χ1v) is 5.01. The van der Waals surface area contributed by atoms with E-state index in [1.54, 1.807) is 22.8 Å². The summed E-state index contributed by atoms with van der Waals surface area (Å²) >= 11 is 4.78. The van der Waals surface area contributed by atoms with Gasteiger partial charge in [0.05, 0.1) is 24.1 Å². The van der Waals surface area contributed by atoms with Gasteiger partial charge in [-0.15, -0.1) is 0 Å². The van der Waals surface area contributed by atoms with Gasteiger partial charge in [0.15, 0.2) is 0 Å². The second kappa shape index (κ2) is 4.88. The van der Waals surface area contributed by atoms with Gasteiger partial charge >= 0.3 is 0 Å². The van der Waals surface area contributed by atoms with E-state index in [0.29, 0.717) is 23.8 Å². The molecule has 6 heteroatoms. The predicted octanol–water partition coefficient (Wildman–Crippen LogP) is 0.168. The molecule has 0 fully saturated rings. The largest absolute Gasteiger partial charge is 0.392 e. The van der Waals surface area contributed by atoms with Crippen molar-refractivity contribution >= 4 is 23.1 Å². The van der Waals surface area contributed by atoms with Crippen LogP contribution in [0.25, 0.3) is 0 Å². The lowest BCUT2D eigenvalue weighted by Crippen LogP contribution is -2.38. The molecule has 0 aromatic carbocycles. The Hall–Kier alpha value is -1.43. The summed E-state index contributed by atoms with van der Waals surface area (Å²) in [6.07, 6.45) is 3.12. The first kappa shape index (κ1) is 11.6. The van der Waals surface area contributed by atoms with Crippen LogP contribution in [0, 0.1) is 0 Å². The number of rotatable bonds is 4. The highest BCUT2D eigenvalue weighted by atomic mass is 32.1. The molecule has 0 aliphatic rings. The van der Waals surface area contributed by atoms with Crippen molar-refractivity contribution in [2.75, 3.05) is 13.1 Å². The van der Waals surface area contributed by atoms with E-state index in [-0.39, 0.29) is 5.91 Å². The van der Waals surface area contributed by atoms with Crippen molar-refractivity contribution in [1.82, 2.24) is 14.5 Å². The van der Waals surface area contributed by atoms with Crippen molar-refractivity contribution < 1.29 is 4.79 Å². The second-order valence-corrected chi connectivity index (χ2v) is 3.70. The Balaban J connectivity index is 2.82. The van der Waals surface area contributed by atoms with Gasteiger partial charge in [-0.2, -0.15) is 0 Å². The van der Waals surface area contributed by atoms with Gasteiger partial charge in [0.1, 0.15) is 5.69 Å². The molecule has 0 saturated heterocycles. The van der Waals surface area contributed by atoms with E-state index in [1.807, 2.05) is 6.92 Å². The van der Waals surface area contributed by atoms with E-state index in [0.717, 1.165) is 0 Å². The van der Waals surface area contributed by atoms with Gasteiger partial charge in [-0.3, -0.25) is 4.79 Å². The summed E-state index contributed by atoms with van der Waals surface area (Å²) in [5.41, 5.74) is 5.95. The maximum atomic E-state index is 11.9. The van der Waals surface area contributed by atoms with E-state index < -0.39 is 0 Å². The van der Waals surface area contributed by atoms with Crippen molar-refractivity contribution in [3.63, 3.8) is 0 Å². The van der Waals surface area contributed by atoms with Crippen LogP contribution in [0.1, 0.15) is 17.4 Å². The molecule has 0 spiro atoms. The van der Waals surface area contributed by atoms with E-state index in [1.165, 1.54) is 6.20 Å². The molecule has 5 nitrogen and oxygen atoms in total. The van der Waals surface area contributed by atoms with Gasteiger partial charge in [-0.25, -0.2) is 4.98 Å². The summed E-state index contributed by atoms with van der Waals surface area (Å²) in [7, 11) is 1.77. The van der Waals surface area contributed by atoms with Crippen LogP contribution in [0.2, 0.25) is 0 Å². The minimum Gasteiger partial charge on any atom is -0.392 e. The summed E-state index contributed by atoms with van der Waals surface area (Å²) in [5, 5.41) is 0. The molecule has 0 radical (unpaired) electrons. The number of likely N-dealkylation sites (N-methyl/N-ethyl adjacent to an activating group) is 1. The summed E-state index contributed by atoms with van der Waals surface area (Å²) in [5.74, 6) is -0.106. The monoisotopic (exact) mass is 226 g/mol. The van der Waals surface area contributed by atoms with E-state index in [9.17, 15) is 4.79 Å². The summed E-state index contributed by atoms with van der Waals surface area (Å²) in [6.45, 7) is 2.75. The smallest absolute Gasteiger partial charge is 0.272 e. The Kier molecular flexibility index (Phi) is 3.79. The molecule has 1 aromatic heterocycles. The number of aromatic nitrogens is 2. The molecule has 1 rings (SSSR count). The van der Waals surface area contributed by atoms with Crippen LogP contribution in [-0.2, 0) is 7.05 Å². The molecule has 0 atom stereocenters. The van der Waals surface area contributed by atoms with E-state index >= 15 is 0 Å². The van der Waals surface area contributed by atoms with Crippen molar-refractivity contribution in [2.45, 2.75) is 6.92 Å². The standard InChI is InChI=1S/C9H14N4OS/c1-3-13(5-8(10)15)9(14)7-4-11-6-12(7)2/h4,6H,3,5H2,1-2H3,(H2,10,15). The Morgan fingerprint density at radius 2 is 2.40 bits per heavy atom. The molecule has 0 aliphatic carbocycles. The first-order chi connectivity index (χ1) is 7.06. The van der Waals surface area contributed by atoms with E-state index in [4.69, 9.17) is 18.0 Å². The normalized spacial score (nSPS) is 10.0. The van der Waals surface area contributed by atoms with Crippen molar-refractivity contribution in [3.8, 4) is 0 Å². The van der Waals surface area contributed by atoms with Gasteiger partial charge in [0.25, 0.3) is 5.91 Å². The number of carbonyl (C=O) groups is 1. The highest BCUT2D eigenvalue weighted by Crippen LogP contribution is 2.02. The zero-order valence-electron chi connectivity index (χ0n) is 8.80. The Bertz CT molecular complexity index is 374. The van der Waals surface area contributed by atoms with Gasteiger partial charge in [0.2, 0.25) is 0 Å². The predicted molar refractivity (Wildman–Crippen MR) is 61.6 cm³/mol. The molecule has 0 aliphatic heterocycles. The first-order valence-electron chi connectivity index (χ1n) is 4.60. The lowest BCUT2D eigenvalue weighted by Gasteiger charge is -2.19. The molecule has 1 amide bonds. The van der Waals surface area contributed by atoms with Gasteiger partial charge < -0.3 is 15.2 Å². The molecule has 2 N–H and O–H groups in total. The minimum atomic E-state index is -0.106. The average Bonchev–Trinajstić information content (AvgIpc) is 2.59. The molecule has 0 unspecified atom stereocenters. The van der Waals surface area contributed by atoms with Crippen LogP contribution in [0.15, 0.2) is 12.5 Å². The SMILES string of the molecule is CCN(CC(N)=S)C(=O)c1cncn1C. The molecule has 0 saturated carbocycles. The van der Waals surface area contributed by atoms with Crippen LogP contribution in [0.5, 0.6) is 0 Å². The number of imidazole rings is 1. The molecule has 15 heavy (non-hydrogen) atoms. The highest BCUT2D eigenvalue weighted by Gasteiger charge is 2.17. The number of carbonyl (C=O) groups excluding carboxylic acids is 1. The summed E-state index contributed by atoms with van der Waals surface area (Å²) in [6, 6.07) is 0. The molecular formula is C9H14N4OS. The number of hydrogen-bond acceptors (Lipinski definition) is 3. The lowest BCUT2D eigenvalue weighted by molar-refractivity contribution is 0.0778. The minimum absolute atomic E-state index is 0.106. The number of amides is 1. The fraction of sp³-hybridized carbons (Fsp3) is 0.444. The van der Waals surface area contributed by atoms with Gasteiger partial charge in [-0.05, 0) is 6.92 Å². The molecule has 0 bridgehead atoms. The zero-order chi connectivity index (χ0) is 11.4. The topological polar surface area (TPSA) is 64.2 Å². The van der Waals surface area contributed by atoms with Crippen LogP contribution in [0.3, 0.4) is 0 Å².